The molecule has 0 saturated heterocycles. The first-order valence-corrected chi connectivity index (χ1v) is 7.37. The van der Waals surface area contributed by atoms with Crippen LogP contribution in [0.4, 0.5) is 10.1 Å². The first-order chi connectivity index (χ1) is 10.1. The molecule has 5 heteroatoms. The van der Waals surface area contributed by atoms with Crippen LogP contribution >= 0.6 is 15.9 Å². The third-order valence-corrected chi connectivity index (χ3v) is 3.37. The van der Waals surface area contributed by atoms with Gasteiger partial charge in [0.1, 0.15) is 11.6 Å². The Bertz CT molecular complexity index is 619. The normalized spacial score (nSPS) is 11.8. The molecule has 110 valence electrons. The van der Waals surface area contributed by atoms with Crippen molar-refractivity contribution in [3.05, 3.63) is 58.8 Å². The molecule has 1 N–H and O–H groups in total. The molecule has 1 atom stereocenters. The lowest BCUT2D eigenvalue weighted by molar-refractivity contribution is -0.122. The van der Waals surface area contributed by atoms with Crippen LogP contribution in [0.5, 0.6) is 5.75 Å². The Morgan fingerprint density at radius 1 is 1.29 bits per heavy atom. The van der Waals surface area contributed by atoms with Crippen molar-refractivity contribution in [1.82, 2.24) is 0 Å². The molecular weight excluding hydrogens is 337 g/mol. The summed E-state index contributed by atoms with van der Waals surface area (Å²) in [6.45, 7) is 1.84. The van der Waals surface area contributed by atoms with Crippen LogP contribution in [0.15, 0.2) is 53.0 Å². The van der Waals surface area contributed by atoms with E-state index in [9.17, 15) is 9.18 Å². The summed E-state index contributed by atoms with van der Waals surface area (Å²) in [6.07, 6.45) is -0.186. The van der Waals surface area contributed by atoms with Gasteiger partial charge in [0.2, 0.25) is 0 Å². The lowest BCUT2D eigenvalue weighted by Crippen LogP contribution is -2.32. The van der Waals surface area contributed by atoms with E-state index in [1.165, 1.54) is 12.1 Å². The van der Waals surface area contributed by atoms with Crippen LogP contribution in [0.25, 0.3) is 0 Å². The topological polar surface area (TPSA) is 38.3 Å². The van der Waals surface area contributed by atoms with Crippen molar-refractivity contribution in [2.24, 2.45) is 0 Å². The summed E-state index contributed by atoms with van der Waals surface area (Å²) in [5.74, 6) is -0.259. The lowest BCUT2D eigenvalue weighted by Gasteiger charge is -2.17. The summed E-state index contributed by atoms with van der Waals surface area (Å²) in [5, 5.41) is 2.55. The smallest absolute Gasteiger partial charge is 0.265 e. The third kappa shape index (κ3) is 4.29. The average molecular weight is 352 g/mol. The summed E-state index contributed by atoms with van der Waals surface area (Å²) in [4.78, 5) is 12.2. The summed E-state index contributed by atoms with van der Waals surface area (Å²) in [7, 11) is 0. The van der Waals surface area contributed by atoms with Gasteiger partial charge in [0.25, 0.3) is 5.91 Å². The predicted molar refractivity (Wildman–Crippen MR) is 83.9 cm³/mol. The van der Waals surface area contributed by atoms with Gasteiger partial charge in [0.15, 0.2) is 6.10 Å². The number of hydrogen-bond acceptors (Lipinski definition) is 2. The number of carbonyl (C=O) groups is 1. The van der Waals surface area contributed by atoms with Gasteiger partial charge in [-0.2, -0.15) is 0 Å². The number of nitrogens with one attached hydrogen (secondary N) is 1. The SMILES string of the molecule is CCC(Oc1ccccc1)C(=O)Nc1ccc(Br)cc1F. The van der Waals surface area contributed by atoms with E-state index in [2.05, 4.69) is 21.2 Å². The molecule has 0 bridgehead atoms. The molecule has 0 aromatic heterocycles. The number of para-hydroxylation sites is 1. The molecule has 0 radical (unpaired) electrons. The van der Waals surface area contributed by atoms with Crippen LogP contribution in [-0.4, -0.2) is 12.0 Å². The first kappa shape index (κ1) is 15.5. The van der Waals surface area contributed by atoms with Crippen molar-refractivity contribution in [2.45, 2.75) is 19.4 Å². The highest BCUT2D eigenvalue weighted by atomic mass is 79.9. The maximum atomic E-state index is 13.7. The number of anilines is 1. The Kier molecular flexibility index (Phi) is 5.33. The van der Waals surface area contributed by atoms with Gasteiger partial charge >= 0.3 is 0 Å². The van der Waals surface area contributed by atoms with E-state index in [1.54, 1.807) is 18.2 Å². The van der Waals surface area contributed by atoms with Crippen LogP contribution in [0.3, 0.4) is 0 Å². The zero-order chi connectivity index (χ0) is 15.2. The van der Waals surface area contributed by atoms with Gasteiger partial charge in [0, 0.05) is 4.47 Å². The predicted octanol–water partition coefficient (Wildman–Crippen LogP) is 4.38. The van der Waals surface area contributed by atoms with Gasteiger partial charge in [-0.1, -0.05) is 41.1 Å². The minimum atomic E-state index is -0.671. The maximum absolute atomic E-state index is 13.7. The fourth-order valence-electron chi connectivity index (χ4n) is 1.79. The molecule has 0 aliphatic carbocycles. The van der Waals surface area contributed by atoms with E-state index in [1.807, 2.05) is 25.1 Å². The third-order valence-electron chi connectivity index (χ3n) is 2.87. The molecule has 0 aliphatic rings. The fraction of sp³-hybridized carbons (Fsp3) is 0.188. The summed E-state index contributed by atoms with van der Waals surface area (Å²) >= 11 is 3.17. The monoisotopic (exact) mass is 351 g/mol. The highest BCUT2D eigenvalue weighted by Gasteiger charge is 2.19. The van der Waals surface area contributed by atoms with Crippen LogP contribution in [-0.2, 0) is 4.79 Å². The largest absolute Gasteiger partial charge is 0.481 e. The average Bonchev–Trinajstić information content (AvgIpc) is 2.48. The van der Waals surface area contributed by atoms with Crippen LogP contribution in [0.1, 0.15) is 13.3 Å². The van der Waals surface area contributed by atoms with Gasteiger partial charge in [0.05, 0.1) is 5.69 Å². The summed E-state index contributed by atoms with van der Waals surface area (Å²) < 4.78 is 20.0. The van der Waals surface area contributed by atoms with Gasteiger partial charge in [-0.25, -0.2) is 4.39 Å². The number of carbonyl (C=O) groups excluding carboxylic acids is 1. The first-order valence-electron chi connectivity index (χ1n) is 6.57. The van der Waals surface area contributed by atoms with Gasteiger partial charge in [-0.05, 0) is 36.8 Å². The Hall–Kier alpha value is -1.88. The zero-order valence-corrected chi connectivity index (χ0v) is 13.1. The van der Waals surface area contributed by atoms with E-state index in [4.69, 9.17) is 4.74 Å². The van der Waals surface area contributed by atoms with Crippen LogP contribution < -0.4 is 10.1 Å². The molecule has 0 fully saturated rings. The zero-order valence-electron chi connectivity index (χ0n) is 11.5. The number of hydrogen-bond donors (Lipinski definition) is 1. The summed E-state index contributed by atoms with van der Waals surface area (Å²) in [5.41, 5.74) is 0.137. The summed E-state index contributed by atoms with van der Waals surface area (Å²) in [6, 6.07) is 13.5. The van der Waals surface area contributed by atoms with Crippen molar-refractivity contribution in [3.63, 3.8) is 0 Å². The van der Waals surface area contributed by atoms with E-state index >= 15 is 0 Å². The number of benzene rings is 2. The Morgan fingerprint density at radius 2 is 2.00 bits per heavy atom. The molecule has 1 amide bonds. The molecule has 0 spiro atoms. The minimum absolute atomic E-state index is 0.137. The number of ether oxygens (including phenoxy) is 1. The van der Waals surface area contributed by atoms with Gasteiger partial charge in [-0.3, -0.25) is 4.79 Å². The second kappa shape index (κ2) is 7.22. The second-order valence-corrected chi connectivity index (χ2v) is 5.36. The van der Waals surface area contributed by atoms with E-state index in [0.717, 1.165) is 0 Å². The molecule has 2 aromatic rings. The van der Waals surface area contributed by atoms with E-state index in [-0.39, 0.29) is 11.6 Å². The van der Waals surface area contributed by atoms with Crippen molar-refractivity contribution in [3.8, 4) is 5.75 Å². The van der Waals surface area contributed by atoms with E-state index in [0.29, 0.717) is 16.6 Å². The van der Waals surface area contributed by atoms with Crippen molar-refractivity contribution in [2.75, 3.05) is 5.32 Å². The minimum Gasteiger partial charge on any atom is -0.481 e. The highest BCUT2D eigenvalue weighted by molar-refractivity contribution is 9.10. The molecular formula is C16H15BrFNO2. The molecule has 21 heavy (non-hydrogen) atoms. The Labute approximate surface area is 131 Å². The molecule has 1 unspecified atom stereocenters. The number of halogens is 2. The molecule has 0 saturated carbocycles. The van der Waals surface area contributed by atoms with Crippen molar-refractivity contribution in [1.29, 1.82) is 0 Å². The van der Waals surface area contributed by atoms with Gasteiger partial charge < -0.3 is 10.1 Å². The highest BCUT2D eigenvalue weighted by Crippen LogP contribution is 2.20. The maximum Gasteiger partial charge on any atom is 0.265 e. The number of rotatable bonds is 5. The lowest BCUT2D eigenvalue weighted by atomic mass is 10.2. The molecule has 2 rings (SSSR count). The Morgan fingerprint density at radius 3 is 2.62 bits per heavy atom. The van der Waals surface area contributed by atoms with Crippen LogP contribution in [0, 0.1) is 5.82 Å². The molecule has 3 nitrogen and oxygen atoms in total. The van der Waals surface area contributed by atoms with Crippen molar-refractivity contribution >= 4 is 27.5 Å². The fourth-order valence-corrected chi connectivity index (χ4v) is 2.12. The molecule has 0 aliphatic heterocycles. The molecule has 0 heterocycles. The molecule has 2 aromatic carbocycles. The standard InChI is InChI=1S/C16H15BrFNO2/c1-2-15(21-12-6-4-3-5-7-12)16(20)19-14-9-8-11(17)10-13(14)18/h3-10,15H,2H2,1H3,(H,19,20). The van der Waals surface area contributed by atoms with E-state index < -0.39 is 11.9 Å². The second-order valence-electron chi connectivity index (χ2n) is 4.44. The van der Waals surface area contributed by atoms with Crippen molar-refractivity contribution < 1.29 is 13.9 Å². The number of amides is 1. The van der Waals surface area contributed by atoms with Crippen LogP contribution in [0.2, 0.25) is 0 Å². The Balaban J connectivity index is 2.06. The quantitative estimate of drug-likeness (QED) is 0.867. The van der Waals surface area contributed by atoms with Gasteiger partial charge in [-0.15, -0.1) is 0 Å².